The van der Waals surface area contributed by atoms with E-state index in [1.165, 1.54) is 19.2 Å². The Hall–Kier alpha value is -2.23. The van der Waals surface area contributed by atoms with Crippen molar-refractivity contribution in [2.45, 2.75) is 18.1 Å². The number of rotatable bonds is 4. The largest absolute Gasteiger partial charge is 0.438 e. The molecule has 0 saturated carbocycles. The maximum atomic E-state index is 14.5. The lowest BCUT2D eigenvalue weighted by atomic mass is 9.99. The van der Waals surface area contributed by atoms with Crippen LogP contribution in [0.4, 0.5) is 10.1 Å². The molecule has 1 aliphatic rings. The molecule has 128 valence electrons. The number of sulfonamides is 1. The van der Waals surface area contributed by atoms with Gasteiger partial charge in [0, 0.05) is 6.54 Å². The number of amides is 1. The molecule has 0 saturated heterocycles. The molecule has 1 aromatic carbocycles. The van der Waals surface area contributed by atoms with E-state index in [4.69, 9.17) is 4.42 Å². The minimum Gasteiger partial charge on any atom is -0.438 e. The SMILES string of the molecule is CNS(=O)(=O)c1ccc(C(=O)Nc2ccc3c(c2F)CCNC3)o1. The number of nitrogens with one attached hydrogen (secondary N) is 3. The fourth-order valence-electron chi connectivity index (χ4n) is 2.50. The molecule has 2 heterocycles. The predicted octanol–water partition coefficient (Wildman–Crippen LogP) is 1.22. The predicted molar refractivity (Wildman–Crippen MR) is 84.7 cm³/mol. The summed E-state index contributed by atoms with van der Waals surface area (Å²) in [4.78, 5) is 12.2. The summed E-state index contributed by atoms with van der Waals surface area (Å²) >= 11 is 0. The molecule has 7 nitrogen and oxygen atoms in total. The van der Waals surface area contributed by atoms with E-state index < -0.39 is 21.7 Å². The third-order valence-electron chi connectivity index (χ3n) is 3.79. The number of anilines is 1. The highest BCUT2D eigenvalue weighted by atomic mass is 32.2. The molecule has 0 aliphatic carbocycles. The fraction of sp³-hybridized carbons (Fsp3) is 0.267. The molecule has 1 aromatic heterocycles. The molecule has 0 bridgehead atoms. The second-order valence-corrected chi connectivity index (χ2v) is 7.09. The molecule has 0 spiro atoms. The molecule has 2 aromatic rings. The van der Waals surface area contributed by atoms with Gasteiger partial charge in [0.2, 0.25) is 5.09 Å². The van der Waals surface area contributed by atoms with Crippen LogP contribution < -0.4 is 15.4 Å². The van der Waals surface area contributed by atoms with Crippen molar-refractivity contribution in [2.24, 2.45) is 0 Å². The topological polar surface area (TPSA) is 100 Å². The van der Waals surface area contributed by atoms with Crippen molar-refractivity contribution in [3.05, 3.63) is 47.0 Å². The molecule has 1 amide bonds. The number of halogens is 1. The summed E-state index contributed by atoms with van der Waals surface area (Å²) in [6, 6.07) is 5.61. The third-order valence-corrected chi connectivity index (χ3v) is 5.08. The first-order chi connectivity index (χ1) is 11.4. The van der Waals surface area contributed by atoms with Gasteiger partial charge in [-0.3, -0.25) is 4.79 Å². The summed E-state index contributed by atoms with van der Waals surface area (Å²) in [5, 5.41) is 5.18. The Morgan fingerprint density at radius 2 is 2.08 bits per heavy atom. The van der Waals surface area contributed by atoms with Crippen molar-refractivity contribution in [2.75, 3.05) is 18.9 Å². The lowest BCUT2D eigenvalue weighted by molar-refractivity contribution is 0.0991. The van der Waals surface area contributed by atoms with Gasteiger partial charge in [0.05, 0.1) is 5.69 Å². The van der Waals surface area contributed by atoms with Crippen LogP contribution in [0, 0.1) is 5.82 Å². The van der Waals surface area contributed by atoms with Gasteiger partial charge in [-0.2, -0.15) is 0 Å². The lowest BCUT2D eigenvalue weighted by Crippen LogP contribution is -2.25. The standard InChI is InChI=1S/C15H16FN3O4S/c1-17-24(21,22)13-5-4-12(23-13)15(20)19-11-3-2-9-8-18-7-6-10(9)14(11)16/h2-5,17-18H,6-8H2,1H3,(H,19,20). The average Bonchev–Trinajstić information content (AvgIpc) is 3.08. The van der Waals surface area contributed by atoms with Crippen LogP contribution in [0.5, 0.6) is 0 Å². The Labute approximate surface area is 138 Å². The maximum Gasteiger partial charge on any atom is 0.291 e. The van der Waals surface area contributed by atoms with E-state index in [0.717, 1.165) is 11.6 Å². The minimum absolute atomic E-state index is 0.0371. The quantitative estimate of drug-likeness (QED) is 0.767. The highest BCUT2D eigenvalue weighted by Crippen LogP contribution is 2.25. The molecule has 3 rings (SSSR count). The molecule has 0 atom stereocenters. The highest BCUT2D eigenvalue weighted by Gasteiger charge is 2.22. The van der Waals surface area contributed by atoms with Crippen LogP contribution in [0.15, 0.2) is 33.8 Å². The molecule has 0 unspecified atom stereocenters. The Morgan fingerprint density at radius 3 is 2.83 bits per heavy atom. The maximum absolute atomic E-state index is 14.5. The van der Waals surface area contributed by atoms with Gasteiger partial charge in [0.1, 0.15) is 5.82 Å². The molecule has 1 aliphatic heterocycles. The van der Waals surface area contributed by atoms with E-state index >= 15 is 0 Å². The van der Waals surface area contributed by atoms with E-state index in [1.54, 1.807) is 6.07 Å². The average molecular weight is 353 g/mol. The van der Waals surface area contributed by atoms with Gasteiger partial charge < -0.3 is 15.1 Å². The van der Waals surface area contributed by atoms with E-state index in [0.29, 0.717) is 25.1 Å². The van der Waals surface area contributed by atoms with Gasteiger partial charge in [-0.25, -0.2) is 17.5 Å². The second-order valence-electron chi connectivity index (χ2n) is 5.27. The number of hydrogen-bond acceptors (Lipinski definition) is 5. The molecule has 0 radical (unpaired) electrons. The molecular weight excluding hydrogens is 337 g/mol. The van der Waals surface area contributed by atoms with Crippen molar-refractivity contribution < 1.29 is 22.0 Å². The molecule has 9 heteroatoms. The van der Waals surface area contributed by atoms with Crippen LogP contribution in [0.2, 0.25) is 0 Å². The zero-order valence-electron chi connectivity index (χ0n) is 12.8. The van der Waals surface area contributed by atoms with E-state index in [9.17, 15) is 17.6 Å². The van der Waals surface area contributed by atoms with Crippen molar-refractivity contribution in [1.29, 1.82) is 0 Å². The summed E-state index contributed by atoms with van der Waals surface area (Å²) in [6.07, 6.45) is 0.538. The number of furan rings is 1. The van der Waals surface area contributed by atoms with E-state index in [-0.39, 0.29) is 16.5 Å². The lowest BCUT2D eigenvalue weighted by Gasteiger charge is -2.19. The van der Waals surface area contributed by atoms with Gasteiger partial charge in [0.15, 0.2) is 5.76 Å². The van der Waals surface area contributed by atoms with Gasteiger partial charge >= 0.3 is 0 Å². The summed E-state index contributed by atoms with van der Waals surface area (Å²) in [6.45, 7) is 1.26. The Morgan fingerprint density at radius 1 is 1.29 bits per heavy atom. The molecule has 0 fully saturated rings. The molecular formula is C15H16FN3O4S. The van der Waals surface area contributed by atoms with Crippen LogP contribution in [-0.2, 0) is 23.0 Å². The van der Waals surface area contributed by atoms with Crippen LogP contribution in [-0.4, -0.2) is 27.9 Å². The number of carbonyl (C=O) groups is 1. The van der Waals surface area contributed by atoms with Gasteiger partial charge in [-0.1, -0.05) is 6.07 Å². The first-order valence-corrected chi connectivity index (χ1v) is 8.76. The van der Waals surface area contributed by atoms with Crippen molar-refractivity contribution in [3.8, 4) is 0 Å². The van der Waals surface area contributed by atoms with Gasteiger partial charge in [-0.05, 0) is 49.3 Å². The van der Waals surface area contributed by atoms with Crippen molar-refractivity contribution in [3.63, 3.8) is 0 Å². The zero-order chi connectivity index (χ0) is 17.3. The summed E-state index contributed by atoms with van der Waals surface area (Å²) in [5.41, 5.74) is 1.47. The smallest absolute Gasteiger partial charge is 0.291 e. The Bertz CT molecular complexity index is 892. The molecule has 24 heavy (non-hydrogen) atoms. The minimum atomic E-state index is -3.78. The Balaban J connectivity index is 1.83. The summed E-state index contributed by atoms with van der Waals surface area (Å²) < 4.78 is 44.8. The summed E-state index contributed by atoms with van der Waals surface area (Å²) in [7, 11) is -2.55. The zero-order valence-corrected chi connectivity index (χ0v) is 13.7. The third kappa shape index (κ3) is 3.05. The van der Waals surface area contributed by atoms with Crippen LogP contribution >= 0.6 is 0 Å². The van der Waals surface area contributed by atoms with Crippen LogP contribution in [0.25, 0.3) is 0 Å². The van der Waals surface area contributed by atoms with Gasteiger partial charge in [-0.15, -0.1) is 0 Å². The normalized spacial score (nSPS) is 14.2. The van der Waals surface area contributed by atoms with Gasteiger partial charge in [0.25, 0.3) is 15.9 Å². The van der Waals surface area contributed by atoms with Crippen molar-refractivity contribution >= 4 is 21.6 Å². The molecule has 3 N–H and O–H groups in total. The highest BCUT2D eigenvalue weighted by molar-refractivity contribution is 7.89. The second kappa shape index (κ2) is 6.34. The van der Waals surface area contributed by atoms with E-state index in [2.05, 4.69) is 15.4 Å². The van der Waals surface area contributed by atoms with E-state index in [1.807, 2.05) is 0 Å². The fourth-order valence-corrected chi connectivity index (χ4v) is 3.15. The van der Waals surface area contributed by atoms with Crippen LogP contribution in [0.1, 0.15) is 21.7 Å². The van der Waals surface area contributed by atoms with Crippen LogP contribution in [0.3, 0.4) is 0 Å². The summed E-state index contributed by atoms with van der Waals surface area (Å²) in [5.74, 6) is -1.42. The Kier molecular flexibility index (Phi) is 4.39. The number of hydrogen-bond donors (Lipinski definition) is 3. The number of carbonyl (C=O) groups excluding carboxylic acids is 1. The number of fused-ring (bicyclic) bond motifs is 1. The van der Waals surface area contributed by atoms with Crippen molar-refractivity contribution in [1.82, 2.24) is 10.0 Å². The number of benzene rings is 1. The monoisotopic (exact) mass is 353 g/mol. The first kappa shape index (κ1) is 16.6. The first-order valence-electron chi connectivity index (χ1n) is 7.28.